The number of aliphatic carboxylic acids is 1. The second-order valence-corrected chi connectivity index (χ2v) is 5.21. The van der Waals surface area contributed by atoms with Crippen molar-refractivity contribution in [1.82, 2.24) is 4.98 Å². The largest absolute Gasteiger partial charge is 0.477 e. The molecule has 1 amide bonds. The van der Waals surface area contributed by atoms with Crippen molar-refractivity contribution in [3.05, 3.63) is 10.6 Å². The van der Waals surface area contributed by atoms with Crippen LogP contribution in [0.2, 0.25) is 0 Å². The quantitative estimate of drug-likeness (QED) is 0.864. The molecule has 2 rings (SSSR count). The highest BCUT2D eigenvalue weighted by molar-refractivity contribution is 7.15. The summed E-state index contributed by atoms with van der Waals surface area (Å²) in [5.74, 6) is -1.61. The third kappa shape index (κ3) is 2.90. The lowest BCUT2D eigenvalue weighted by Gasteiger charge is -2.06. The van der Waals surface area contributed by atoms with E-state index in [2.05, 4.69) is 15.5 Å². The minimum absolute atomic E-state index is 0.0356. The molecule has 1 atom stereocenters. The van der Waals surface area contributed by atoms with Gasteiger partial charge in [-0.25, -0.2) is 9.78 Å². The first kappa shape index (κ1) is 13.5. The summed E-state index contributed by atoms with van der Waals surface area (Å²) in [5, 5.41) is 15.2. The molecule has 19 heavy (non-hydrogen) atoms. The van der Waals surface area contributed by atoms with Crippen LogP contribution in [0.3, 0.4) is 0 Å². The van der Waals surface area contributed by atoms with E-state index in [1.165, 1.54) is 11.3 Å². The van der Waals surface area contributed by atoms with Crippen molar-refractivity contribution in [3.8, 4) is 0 Å². The fourth-order valence-electron chi connectivity index (χ4n) is 1.64. The number of nitrogens with zero attached hydrogens (tertiary/aromatic N) is 2. The van der Waals surface area contributed by atoms with E-state index in [1.54, 1.807) is 0 Å². The van der Waals surface area contributed by atoms with E-state index in [1.807, 2.05) is 13.8 Å². The summed E-state index contributed by atoms with van der Waals surface area (Å²) in [6, 6.07) is 0. The van der Waals surface area contributed by atoms with Crippen LogP contribution in [0.1, 0.15) is 23.9 Å². The maximum Gasteiger partial charge on any atom is 0.353 e. The summed E-state index contributed by atoms with van der Waals surface area (Å²) in [6.45, 7) is 3.92. The van der Waals surface area contributed by atoms with Gasteiger partial charge in [0.1, 0.15) is 0 Å². The molecule has 1 aliphatic rings. The number of aryl methyl sites for hydroxylation is 2. The van der Waals surface area contributed by atoms with E-state index in [0.29, 0.717) is 5.13 Å². The predicted molar refractivity (Wildman–Crippen MR) is 69.4 cm³/mol. The monoisotopic (exact) mass is 283 g/mol. The Balaban J connectivity index is 1.97. The molecule has 2 heterocycles. The minimum atomic E-state index is -1.17. The van der Waals surface area contributed by atoms with Gasteiger partial charge in [0.25, 0.3) is 5.91 Å². The predicted octanol–water partition coefficient (Wildman–Crippen LogP) is 1.18. The van der Waals surface area contributed by atoms with Crippen LogP contribution in [0.15, 0.2) is 5.16 Å². The lowest BCUT2D eigenvalue weighted by atomic mass is 10.2. The molecule has 0 aliphatic carbocycles. The number of thiazole rings is 1. The average molecular weight is 283 g/mol. The Morgan fingerprint density at radius 2 is 2.32 bits per heavy atom. The van der Waals surface area contributed by atoms with Gasteiger partial charge in [0.05, 0.1) is 5.69 Å². The van der Waals surface area contributed by atoms with Crippen LogP contribution in [-0.2, 0) is 20.8 Å². The molecule has 1 aliphatic heterocycles. The third-order valence-electron chi connectivity index (χ3n) is 2.67. The van der Waals surface area contributed by atoms with Crippen molar-refractivity contribution >= 4 is 34.1 Å². The smallest absolute Gasteiger partial charge is 0.353 e. The van der Waals surface area contributed by atoms with Gasteiger partial charge in [-0.1, -0.05) is 12.1 Å². The topological polar surface area (TPSA) is 101 Å². The normalized spacial score (nSPS) is 17.8. The lowest BCUT2D eigenvalue weighted by molar-refractivity contribution is -0.129. The van der Waals surface area contributed by atoms with Gasteiger partial charge in [0.2, 0.25) is 6.10 Å². The lowest BCUT2D eigenvalue weighted by Crippen LogP contribution is -2.28. The van der Waals surface area contributed by atoms with E-state index in [0.717, 1.165) is 17.0 Å². The Bertz CT molecular complexity index is 552. The molecule has 0 saturated heterocycles. The number of carboxylic acid groups (broad SMARTS) is 1. The van der Waals surface area contributed by atoms with Crippen LogP contribution < -0.4 is 5.32 Å². The van der Waals surface area contributed by atoms with Gasteiger partial charge < -0.3 is 9.94 Å². The molecule has 8 heteroatoms. The maximum atomic E-state index is 11.9. The zero-order valence-electron chi connectivity index (χ0n) is 10.5. The fourth-order valence-corrected chi connectivity index (χ4v) is 2.54. The van der Waals surface area contributed by atoms with Crippen molar-refractivity contribution in [3.63, 3.8) is 0 Å². The number of oxime groups is 1. The van der Waals surface area contributed by atoms with E-state index in [9.17, 15) is 9.59 Å². The van der Waals surface area contributed by atoms with Crippen LogP contribution in [-0.4, -0.2) is 33.8 Å². The molecule has 0 bridgehead atoms. The summed E-state index contributed by atoms with van der Waals surface area (Å²) in [7, 11) is 0. The van der Waals surface area contributed by atoms with Gasteiger partial charge in [-0.2, -0.15) is 0 Å². The number of anilines is 1. The van der Waals surface area contributed by atoms with E-state index < -0.39 is 18.0 Å². The average Bonchev–Trinajstić information content (AvgIpc) is 2.95. The number of aromatic nitrogens is 1. The van der Waals surface area contributed by atoms with Crippen LogP contribution in [0.25, 0.3) is 0 Å². The fraction of sp³-hybridized carbons (Fsp3) is 0.455. The molecular weight excluding hydrogens is 270 g/mol. The van der Waals surface area contributed by atoms with Crippen molar-refractivity contribution in [2.45, 2.75) is 32.8 Å². The highest BCUT2D eigenvalue weighted by Gasteiger charge is 2.32. The maximum absolute atomic E-state index is 11.9. The molecule has 0 fully saturated rings. The van der Waals surface area contributed by atoms with Crippen LogP contribution in [0, 0.1) is 6.92 Å². The highest BCUT2D eigenvalue weighted by Crippen LogP contribution is 2.23. The number of carboxylic acids is 1. The van der Waals surface area contributed by atoms with Crippen LogP contribution in [0.4, 0.5) is 5.13 Å². The van der Waals surface area contributed by atoms with Gasteiger partial charge in [-0.05, 0) is 13.3 Å². The number of carbonyl (C=O) groups excluding carboxylic acids is 1. The first-order valence-electron chi connectivity index (χ1n) is 5.74. The molecule has 0 radical (unpaired) electrons. The Morgan fingerprint density at radius 3 is 2.84 bits per heavy atom. The Hall–Kier alpha value is -1.96. The Morgan fingerprint density at radius 1 is 1.58 bits per heavy atom. The molecule has 0 spiro atoms. The molecule has 2 N–H and O–H groups in total. The number of hydrogen-bond donors (Lipinski definition) is 2. The van der Waals surface area contributed by atoms with Gasteiger partial charge in [-0.3, -0.25) is 10.1 Å². The number of amides is 1. The van der Waals surface area contributed by atoms with Crippen molar-refractivity contribution < 1.29 is 19.5 Å². The van der Waals surface area contributed by atoms with Crippen molar-refractivity contribution in [1.29, 1.82) is 0 Å². The number of carbonyl (C=O) groups is 2. The molecule has 1 unspecified atom stereocenters. The SMILES string of the molecule is CCc1nc(NC(=O)C2CC(C(=O)O)=NO2)sc1C. The van der Waals surface area contributed by atoms with E-state index in [4.69, 9.17) is 9.94 Å². The molecule has 1 aromatic heterocycles. The zero-order valence-corrected chi connectivity index (χ0v) is 11.3. The minimum Gasteiger partial charge on any atom is -0.477 e. The van der Waals surface area contributed by atoms with Crippen molar-refractivity contribution in [2.24, 2.45) is 5.16 Å². The van der Waals surface area contributed by atoms with E-state index in [-0.39, 0.29) is 12.1 Å². The summed E-state index contributed by atoms with van der Waals surface area (Å²) in [6.07, 6.45) is -0.142. The molecule has 7 nitrogen and oxygen atoms in total. The summed E-state index contributed by atoms with van der Waals surface area (Å²) < 4.78 is 0. The van der Waals surface area contributed by atoms with Gasteiger partial charge >= 0.3 is 5.97 Å². The first-order chi connectivity index (χ1) is 9.01. The van der Waals surface area contributed by atoms with Gasteiger partial charge in [0.15, 0.2) is 10.8 Å². The third-order valence-corrected chi connectivity index (χ3v) is 3.59. The summed E-state index contributed by atoms with van der Waals surface area (Å²) in [4.78, 5) is 32.6. The standard InChI is InChI=1S/C11H13N3O4S/c1-3-6-5(2)19-11(12-6)13-9(15)8-4-7(10(16)17)14-18-8/h8H,3-4H2,1-2H3,(H,16,17)(H,12,13,15). The first-order valence-corrected chi connectivity index (χ1v) is 6.56. The zero-order chi connectivity index (χ0) is 14.0. The van der Waals surface area contributed by atoms with Gasteiger partial charge in [-0.15, -0.1) is 11.3 Å². The molecular formula is C11H13N3O4S. The summed E-state index contributed by atoms with van der Waals surface area (Å²) >= 11 is 1.38. The Kier molecular flexibility index (Phi) is 3.79. The van der Waals surface area contributed by atoms with Crippen molar-refractivity contribution in [2.75, 3.05) is 5.32 Å². The molecule has 0 aromatic carbocycles. The van der Waals surface area contributed by atoms with E-state index >= 15 is 0 Å². The van der Waals surface area contributed by atoms with Crippen LogP contribution >= 0.6 is 11.3 Å². The highest BCUT2D eigenvalue weighted by atomic mass is 32.1. The molecule has 102 valence electrons. The number of rotatable bonds is 4. The molecule has 1 aromatic rings. The number of nitrogens with one attached hydrogen (secondary N) is 1. The second-order valence-electron chi connectivity index (χ2n) is 4.01. The summed E-state index contributed by atoms with van der Waals surface area (Å²) in [5.41, 5.74) is 0.792. The van der Waals surface area contributed by atoms with Crippen LogP contribution in [0.5, 0.6) is 0 Å². The second kappa shape index (κ2) is 5.35. The van der Waals surface area contributed by atoms with Gasteiger partial charge in [0, 0.05) is 11.3 Å². The molecule has 0 saturated carbocycles. The Labute approximate surface area is 113 Å². The number of hydrogen-bond acceptors (Lipinski definition) is 6.